The first-order chi connectivity index (χ1) is 16.6. The van der Waals surface area contributed by atoms with Gasteiger partial charge >= 0.3 is 0 Å². The molecule has 0 unspecified atom stereocenters. The third kappa shape index (κ3) is 6.54. The van der Waals surface area contributed by atoms with Gasteiger partial charge in [-0.25, -0.2) is 4.98 Å². The SMILES string of the molecule is O=C(NCc1cccs1)c1cccc(NC(=O)[C@H](Cc2cnc[nH]2)NC(=O)C2CCCCC2)c1. The Morgan fingerprint density at radius 2 is 1.97 bits per heavy atom. The molecule has 4 N–H and O–H groups in total. The fourth-order valence-corrected chi connectivity index (χ4v) is 4.77. The molecule has 178 valence electrons. The fraction of sp³-hybridized carbons (Fsp3) is 0.360. The minimum atomic E-state index is -0.758. The number of aromatic nitrogens is 2. The second kappa shape index (κ2) is 11.6. The Bertz CT molecular complexity index is 1090. The largest absolute Gasteiger partial charge is 0.348 e. The van der Waals surface area contributed by atoms with Gasteiger partial charge in [0.2, 0.25) is 11.8 Å². The zero-order chi connectivity index (χ0) is 23.8. The van der Waals surface area contributed by atoms with Gasteiger partial charge in [0.15, 0.2) is 0 Å². The molecule has 0 bridgehead atoms. The zero-order valence-electron chi connectivity index (χ0n) is 18.9. The minimum absolute atomic E-state index is 0.0545. The molecule has 3 amide bonds. The number of rotatable bonds is 9. The fourth-order valence-electron chi connectivity index (χ4n) is 4.13. The molecule has 0 aliphatic heterocycles. The number of nitrogens with zero attached hydrogens (tertiary/aromatic N) is 1. The van der Waals surface area contributed by atoms with Crippen molar-refractivity contribution in [3.8, 4) is 0 Å². The number of thiophene rings is 1. The maximum atomic E-state index is 13.2. The summed E-state index contributed by atoms with van der Waals surface area (Å²) >= 11 is 1.58. The van der Waals surface area contributed by atoms with E-state index < -0.39 is 6.04 Å². The number of H-pyrrole nitrogens is 1. The van der Waals surface area contributed by atoms with Crippen molar-refractivity contribution in [2.75, 3.05) is 5.32 Å². The zero-order valence-corrected chi connectivity index (χ0v) is 19.7. The number of imidazole rings is 1. The van der Waals surface area contributed by atoms with Crippen LogP contribution in [0.3, 0.4) is 0 Å². The van der Waals surface area contributed by atoms with E-state index in [0.29, 0.717) is 24.2 Å². The molecule has 2 aromatic heterocycles. The first kappa shape index (κ1) is 23.7. The summed E-state index contributed by atoms with van der Waals surface area (Å²) < 4.78 is 0. The van der Waals surface area contributed by atoms with E-state index in [1.165, 1.54) is 0 Å². The van der Waals surface area contributed by atoms with Crippen molar-refractivity contribution in [3.05, 3.63) is 70.4 Å². The molecule has 0 spiro atoms. The highest BCUT2D eigenvalue weighted by atomic mass is 32.1. The van der Waals surface area contributed by atoms with E-state index >= 15 is 0 Å². The molecule has 1 atom stereocenters. The second-order valence-corrected chi connectivity index (χ2v) is 9.54. The Hall–Kier alpha value is -3.46. The van der Waals surface area contributed by atoms with Crippen LogP contribution in [0.5, 0.6) is 0 Å². The Morgan fingerprint density at radius 3 is 2.71 bits per heavy atom. The molecule has 1 aliphatic carbocycles. The molecule has 2 heterocycles. The molecule has 1 fully saturated rings. The number of aromatic amines is 1. The molecule has 1 saturated carbocycles. The van der Waals surface area contributed by atoms with Crippen molar-refractivity contribution in [2.45, 2.75) is 51.1 Å². The Morgan fingerprint density at radius 1 is 1.12 bits per heavy atom. The second-order valence-electron chi connectivity index (χ2n) is 8.51. The predicted octanol–water partition coefficient (Wildman–Crippen LogP) is 3.65. The molecule has 9 heteroatoms. The number of benzene rings is 1. The number of hydrogen-bond donors (Lipinski definition) is 4. The van der Waals surface area contributed by atoms with Crippen LogP contribution in [0.25, 0.3) is 0 Å². The van der Waals surface area contributed by atoms with Crippen LogP contribution in [0, 0.1) is 5.92 Å². The van der Waals surface area contributed by atoms with E-state index in [2.05, 4.69) is 25.9 Å². The van der Waals surface area contributed by atoms with E-state index in [-0.39, 0.29) is 23.6 Å². The number of nitrogens with one attached hydrogen (secondary N) is 4. The average molecular weight is 480 g/mol. The van der Waals surface area contributed by atoms with Gasteiger partial charge in [0.05, 0.1) is 12.9 Å². The van der Waals surface area contributed by atoms with Gasteiger partial charge in [-0.3, -0.25) is 14.4 Å². The van der Waals surface area contributed by atoms with E-state index in [9.17, 15) is 14.4 Å². The standard InChI is InChI=1S/C25H29N5O3S/c31-23(27-15-21-10-5-11-34-21)18-8-4-9-19(12-18)29-25(33)22(13-20-14-26-16-28-20)30-24(32)17-6-2-1-3-7-17/h4-5,8-12,14,16-17,22H,1-3,6-7,13,15H2,(H,26,28)(H,27,31)(H,29,33)(H,30,32)/t22-/m0/s1. The lowest BCUT2D eigenvalue weighted by molar-refractivity contribution is -0.130. The highest BCUT2D eigenvalue weighted by molar-refractivity contribution is 7.09. The van der Waals surface area contributed by atoms with Gasteiger partial charge in [0.1, 0.15) is 6.04 Å². The van der Waals surface area contributed by atoms with Crippen LogP contribution in [0.15, 0.2) is 54.3 Å². The molecule has 3 aromatic rings. The number of hydrogen-bond acceptors (Lipinski definition) is 5. The van der Waals surface area contributed by atoms with Crippen molar-refractivity contribution in [1.82, 2.24) is 20.6 Å². The average Bonchev–Trinajstić information content (AvgIpc) is 3.57. The summed E-state index contributed by atoms with van der Waals surface area (Å²) in [4.78, 5) is 46.6. The Kier molecular flexibility index (Phi) is 8.08. The number of carbonyl (C=O) groups excluding carboxylic acids is 3. The van der Waals surface area contributed by atoms with Crippen LogP contribution in [-0.4, -0.2) is 33.7 Å². The summed E-state index contributed by atoms with van der Waals surface area (Å²) in [5.74, 6) is -0.693. The highest BCUT2D eigenvalue weighted by Crippen LogP contribution is 2.24. The van der Waals surface area contributed by atoms with Gasteiger partial charge in [-0.15, -0.1) is 11.3 Å². The summed E-state index contributed by atoms with van der Waals surface area (Å²) in [6.07, 6.45) is 8.43. The van der Waals surface area contributed by atoms with E-state index in [0.717, 1.165) is 42.7 Å². The van der Waals surface area contributed by atoms with Crippen LogP contribution in [-0.2, 0) is 22.6 Å². The summed E-state index contributed by atoms with van der Waals surface area (Å²) in [6.45, 7) is 0.451. The quantitative estimate of drug-likeness (QED) is 0.375. The van der Waals surface area contributed by atoms with Crippen molar-refractivity contribution in [1.29, 1.82) is 0 Å². The molecule has 0 saturated heterocycles. The van der Waals surface area contributed by atoms with E-state index in [1.807, 2.05) is 17.5 Å². The van der Waals surface area contributed by atoms with Gasteiger partial charge in [0, 0.05) is 40.4 Å². The molecule has 1 aliphatic rings. The van der Waals surface area contributed by atoms with Gasteiger partial charge in [-0.05, 0) is 42.5 Å². The molecule has 0 radical (unpaired) electrons. The van der Waals surface area contributed by atoms with Crippen molar-refractivity contribution < 1.29 is 14.4 Å². The number of carbonyl (C=O) groups is 3. The molecule has 34 heavy (non-hydrogen) atoms. The Balaban J connectivity index is 1.41. The third-order valence-electron chi connectivity index (χ3n) is 5.98. The molecule has 1 aromatic carbocycles. The summed E-state index contributed by atoms with van der Waals surface area (Å²) in [6, 6.07) is 9.93. The normalized spacial score (nSPS) is 14.8. The molecule has 4 rings (SSSR count). The Labute approximate surface area is 202 Å². The van der Waals surface area contributed by atoms with Crippen LogP contribution in [0.2, 0.25) is 0 Å². The van der Waals surface area contributed by atoms with Gasteiger partial charge in [0.25, 0.3) is 5.91 Å². The molecular formula is C25H29N5O3S. The van der Waals surface area contributed by atoms with Gasteiger partial charge in [-0.1, -0.05) is 31.4 Å². The predicted molar refractivity (Wildman–Crippen MR) is 131 cm³/mol. The van der Waals surface area contributed by atoms with Crippen LogP contribution >= 0.6 is 11.3 Å². The van der Waals surface area contributed by atoms with Crippen LogP contribution < -0.4 is 16.0 Å². The summed E-state index contributed by atoms with van der Waals surface area (Å²) in [5, 5.41) is 10.7. The minimum Gasteiger partial charge on any atom is -0.348 e. The van der Waals surface area contributed by atoms with Gasteiger partial charge in [-0.2, -0.15) is 0 Å². The van der Waals surface area contributed by atoms with Crippen LogP contribution in [0.4, 0.5) is 5.69 Å². The number of anilines is 1. The van der Waals surface area contributed by atoms with Crippen molar-refractivity contribution in [3.63, 3.8) is 0 Å². The van der Waals surface area contributed by atoms with E-state index in [1.54, 1.807) is 48.1 Å². The van der Waals surface area contributed by atoms with Crippen molar-refractivity contribution >= 4 is 34.7 Å². The third-order valence-corrected chi connectivity index (χ3v) is 6.86. The number of amides is 3. The first-order valence-electron chi connectivity index (χ1n) is 11.6. The van der Waals surface area contributed by atoms with Gasteiger partial charge < -0.3 is 20.9 Å². The topological polar surface area (TPSA) is 116 Å². The lowest BCUT2D eigenvalue weighted by atomic mass is 9.88. The monoisotopic (exact) mass is 479 g/mol. The highest BCUT2D eigenvalue weighted by Gasteiger charge is 2.27. The van der Waals surface area contributed by atoms with Crippen molar-refractivity contribution in [2.24, 2.45) is 5.92 Å². The van der Waals surface area contributed by atoms with E-state index in [4.69, 9.17) is 0 Å². The maximum Gasteiger partial charge on any atom is 0.251 e. The maximum absolute atomic E-state index is 13.2. The summed E-state index contributed by atoms with van der Waals surface area (Å²) in [7, 11) is 0. The molecular weight excluding hydrogens is 450 g/mol. The first-order valence-corrected chi connectivity index (χ1v) is 12.5. The van der Waals surface area contributed by atoms with Crippen LogP contribution in [0.1, 0.15) is 53.0 Å². The lowest BCUT2D eigenvalue weighted by Gasteiger charge is -2.24. The lowest BCUT2D eigenvalue weighted by Crippen LogP contribution is -2.47. The summed E-state index contributed by atoms with van der Waals surface area (Å²) in [5.41, 5.74) is 1.70. The molecule has 8 nitrogen and oxygen atoms in total. The smallest absolute Gasteiger partial charge is 0.251 e.